The van der Waals surface area contributed by atoms with Gasteiger partial charge in [-0.25, -0.2) is 0 Å². The molecule has 0 saturated heterocycles. The van der Waals surface area contributed by atoms with E-state index in [1.807, 2.05) is 18.7 Å². The van der Waals surface area contributed by atoms with Crippen LogP contribution in [0.1, 0.15) is 32.6 Å². The molecule has 88 valence electrons. The quantitative estimate of drug-likeness (QED) is 0.730. The van der Waals surface area contributed by atoms with Crippen LogP contribution in [-0.4, -0.2) is 29.0 Å². The average Bonchev–Trinajstić information content (AvgIpc) is 3.04. The molecule has 1 heterocycles. The second kappa shape index (κ2) is 4.63. The zero-order valence-corrected chi connectivity index (χ0v) is 9.77. The lowest BCUT2D eigenvalue weighted by Crippen LogP contribution is -2.23. The smallest absolute Gasteiger partial charge is 0.266 e. The predicted molar refractivity (Wildman–Crippen MR) is 59.3 cm³/mol. The third kappa shape index (κ3) is 2.40. The Bertz CT molecular complexity index is 367. The molecule has 1 aromatic rings. The van der Waals surface area contributed by atoms with E-state index in [4.69, 9.17) is 4.52 Å². The number of aromatic nitrogens is 2. The molecule has 0 spiro atoms. The standard InChI is InChI=1S/C11H17N3O2/c1-3-14(4-2)11-12-10(16-13-11)7-9(15)8-5-6-8/h8H,3-7H2,1-2H3. The third-order valence-electron chi connectivity index (χ3n) is 2.86. The first-order valence-corrected chi connectivity index (χ1v) is 5.84. The highest BCUT2D eigenvalue weighted by Gasteiger charge is 2.30. The zero-order chi connectivity index (χ0) is 11.5. The summed E-state index contributed by atoms with van der Waals surface area (Å²) in [5.74, 6) is 1.51. The van der Waals surface area contributed by atoms with Gasteiger partial charge in [-0.3, -0.25) is 4.79 Å². The molecule has 1 aromatic heterocycles. The Hall–Kier alpha value is -1.39. The summed E-state index contributed by atoms with van der Waals surface area (Å²) in [5.41, 5.74) is 0. The number of carbonyl (C=O) groups is 1. The van der Waals surface area contributed by atoms with Crippen LogP contribution >= 0.6 is 0 Å². The Morgan fingerprint density at radius 2 is 2.12 bits per heavy atom. The molecular formula is C11H17N3O2. The molecule has 1 saturated carbocycles. The maximum Gasteiger partial charge on any atom is 0.266 e. The van der Waals surface area contributed by atoms with Gasteiger partial charge in [0.15, 0.2) is 0 Å². The maximum atomic E-state index is 11.6. The minimum Gasteiger partial charge on any atom is -0.339 e. The molecule has 0 aromatic carbocycles. The maximum absolute atomic E-state index is 11.6. The van der Waals surface area contributed by atoms with E-state index in [-0.39, 0.29) is 11.7 Å². The number of anilines is 1. The number of rotatable bonds is 6. The number of carbonyl (C=O) groups excluding carboxylic acids is 1. The van der Waals surface area contributed by atoms with Gasteiger partial charge in [0.1, 0.15) is 5.78 Å². The van der Waals surface area contributed by atoms with Gasteiger partial charge in [-0.2, -0.15) is 4.98 Å². The minimum atomic E-state index is 0.231. The number of hydrogen-bond acceptors (Lipinski definition) is 5. The van der Waals surface area contributed by atoms with Crippen LogP contribution in [0.3, 0.4) is 0 Å². The second-order valence-corrected chi connectivity index (χ2v) is 4.08. The zero-order valence-electron chi connectivity index (χ0n) is 9.77. The molecule has 2 rings (SSSR count). The highest BCUT2D eigenvalue weighted by atomic mass is 16.5. The summed E-state index contributed by atoms with van der Waals surface area (Å²) < 4.78 is 5.07. The molecule has 5 heteroatoms. The van der Waals surface area contributed by atoms with Gasteiger partial charge in [0.05, 0.1) is 6.42 Å². The second-order valence-electron chi connectivity index (χ2n) is 4.08. The van der Waals surface area contributed by atoms with Crippen molar-refractivity contribution in [3.8, 4) is 0 Å². The lowest BCUT2D eigenvalue weighted by atomic mass is 10.2. The van der Waals surface area contributed by atoms with Crippen molar-refractivity contribution in [3.05, 3.63) is 5.89 Å². The van der Waals surface area contributed by atoms with Gasteiger partial charge in [-0.1, -0.05) is 0 Å². The molecular weight excluding hydrogens is 206 g/mol. The monoisotopic (exact) mass is 223 g/mol. The summed E-state index contributed by atoms with van der Waals surface area (Å²) >= 11 is 0. The van der Waals surface area contributed by atoms with E-state index in [2.05, 4.69) is 10.1 Å². The summed E-state index contributed by atoms with van der Waals surface area (Å²) in [6, 6.07) is 0. The van der Waals surface area contributed by atoms with Crippen LogP contribution in [0.15, 0.2) is 4.52 Å². The summed E-state index contributed by atoms with van der Waals surface area (Å²) in [6.07, 6.45) is 2.34. The number of nitrogens with zero attached hydrogens (tertiary/aromatic N) is 3. The van der Waals surface area contributed by atoms with E-state index in [1.54, 1.807) is 0 Å². The van der Waals surface area contributed by atoms with Crippen molar-refractivity contribution in [2.45, 2.75) is 33.1 Å². The molecule has 0 bridgehead atoms. The first-order chi connectivity index (χ1) is 7.74. The molecule has 5 nitrogen and oxygen atoms in total. The molecule has 0 amide bonds. The molecule has 0 unspecified atom stereocenters. The van der Waals surface area contributed by atoms with E-state index in [0.29, 0.717) is 18.3 Å². The molecule has 0 atom stereocenters. The van der Waals surface area contributed by atoms with Gasteiger partial charge in [-0.05, 0) is 31.8 Å². The Morgan fingerprint density at radius 1 is 1.44 bits per heavy atom. The fourth-order valence-electron chi connectivity index (χ4n) is 1.65. The minimum absolute atomic E-state index is 0.231. The van der Waals surface area contributed by atoms with Crippen molar-refractivity contribution < 1.29 is 9.32 Å². The van der Waals surface area contributed by atoms with Crippen LogP contribution in [0.2, 0.25) is 0 Å². The molecule has 0 N–H and O–H groups in total. The Labute approximate surface area is 94.8 Å². The molecule has 0 radical (unpaired) electrons. The van der Waals surface area contributed by atoms with E-state index in [9.17, 15) is 4.79 Å². The van der Waals surface area contributed by atoms with Crippen molar-refractivity contribution >= 4 is 11.7 Å². The average molecular weight is 223 g/mol. The fraction of sp³-hybridized carbons (Fsp3) is 0.727. The first-order valence-electron chi connectivity index (χ1n) is 5.84. The van der Waals surface area contributed by atoms with Crippen molar-refractivity contribution in [1.82, 2.24) is 10.1 Å². The van der Waals surface area contributed by atoms with Gasteiger partial charge >= 0.3 is 0 Å². The lowest BCUT2D eigenvalue weighted by Gasteiger charge is -2.14. The Balaban J connectivity index is 1.98. The topological polar surface area (TPSA) is 59.2 Å². The lowest BCUT2D eigenvalue weighted by molar-refractivity contribution is -0.119. The van der Waals surface area contributed by atoms with Crippen molar-refractivity contribution in [2.24, 2.45) is 5.92 Å². The van der Waals surface area contributed by atoms with Crippen LogP contribution in [0, 0.1) is 5.92 Å². The number of Topliss-reactive ketones (excluding diaryl/α,β-unsaturated/α-hetero) is 1. The normalized spacial score (nSPS) is 15.1. The van der Waals surface area contributed by atoms with Crippen LogP contribution in [0.4, 0.5) is 5.95 Å². The molecule has 1 aliphatic carbocycles. The van der Waals surface area contributed by atoms with E-state index in [0.717, 1.165) is 25.9 Å². The predicted octanol–water partition coefficient (Wildman–Crippen LogP) is 1.44. The summed E-state index contributed by atoms with van der Waals surface area (Å²) in [5, 5.41) is 3.88. The molecule has 0 aliphatic heterocycles. The number of hydrogen-bond donors (Lipinski definition) is 0. The van der Waals surface area contributed by atoms with Crippen molar-refractivity contribution in [3.63, 3.8) is 0 Å². The van der Waals surface area contributed by atoms with Gasteiger partial charge in [0, 0.05) is 19.0 Å². The van der Waals surface area contributed by atoms with E-state index >= 15 is 0 Å². The molecule has 1 aliphatic rings. The Morgan fingerprint density at radius 3 is 2.69 bits per heavy atom. The highest BCUT2D eigenvalue weighted by molar-refractivity contribution is 5.84. The van der Waals surface area contributed by atoms with E-state index in [1.165, 1.54) is 0 Å². The SMILES string of the molecule is CCN(CC)c1noc(CC(=O)C2CC2)n1. The van der Waals surface area contributed by atoms with Gasteiger partial charge in [0.2, 0.25) is 5.89 Å². The van der Waals surface area contributed by atoms with Crippen LogP contribution < -0.4 is 4.90 Å². The summed E-state index contributed by atoms with van der Waals surface area (Å²) in [4.78, 5) is 17.8. The molecule has 16 heavy (non-hydrogen) atoms. The van der Waals surface area contributed by atoms with Crippen LogP contribution in [0.5, 0.6) is 0 Å². The van der Waals surface area contributed by atoms with Gasteiger partial charge < -0.3 is 9.42 Å². The van der Waals surface area contributed by atoms with Crippen LogP contribution in [0.25, 0.3) is 0 Å². The van der Waals surface area contributed by atoms with Crippen molar-refractivity contribution in [2.75, 3.05) is 18.0 Å². The summed E-state index contributed by atoms with van der Waals surface area (Å²) in [6.45, 7) is 5.75. The largest absolute Gasteiger partial charge is 0.339 e. The molecule has 1 fully saturated rings. The first kappa shape index (κ1) is 11.1. The van der Waals surface area contributed by atoms with Crippen LogP contribution in [-0.2, 0) is 11.2 Å². The van der Waals surface area contributed by atoms with Gasteiger partial charge in [-0.15, -0.1) is 0 Å². The van der Waals surface area contributed by atoms with E-state index < -0.39 is 0 Å². The van der Waals surface area contributed by atoms with Gasteiger partial charge in [0.25, 0.3) is 5.95 Å². The van der Waals surface area contributed by atoms with Crippen molar-refractivity contribution in [1.29, 1.82) is 0 Å². The third-order valence-corrected chi connectivity index (χ3v) is 2.86. The highest BCUT2D eigenvalue weighted by Crippen LogP contribution is 2.30. The fourth-order valence-corrected chi connectivity index (χ4v) is 1.65. The summed E-state index contributed by atoms with van der Waals surface area (Å²) in [7, 11) is 0. The Kier molecular flexibility index (Phi) is 3.22. The number of ketones is 1.